The molecule has 2 amide bonds. The second kappa shape index (κ2) is 9.33. The molecule has 172 valence electrons. The van der Waals surface area contributed by atoms with E-state index >= 15 is 0 Å². The summed E-state index contributed by atoms with van der Waals surface area (Å²) in [6.07, 6.45) is 1.00. The monoisotopic (exact) mass is 475 g/mol. The average Bonchev–Trinajstić information content (AvgIpc) is 3.33. The van der Waals surface area contributed by atoms with Crippen LogP contribution < -0.4 is 0 Å². The van der Waals surface area contributed by atoms with E-state index in [2.05, 4.69) is 0 Å². The summed E-state index contributed by atoms with van der Waals surface area (Å²) in [4.78, 5) is 31.1. The van der Waals surface area contributed by atoms with Gasteiger partial charge in [-0.1, -0.05) is 30.3 Å². The first-order chi connectivity index (χ1) is 15.3. The van der Waals surface area contributed by atoms with Crippen LogP contribution in [0.15, 0.2) is 41.3 Å². The molecule has 1 aromatic heterocycles. The molecular formula is C23H29N3O4S2. The van der Waals surface area contributed by atoms with Crippen molar-refractivity contribution in [3.05, 3.63) is 51.7 Å². The lowest BCUT2D eigenvalue weighted by Crippen LogP contribution is -2.52. The quantitative estimate of drug-likeness (QED) is 0.642. The number of rotatable bonds is 6. The Hall–Kier alpha value is -2.23. The number of nitrogens with zero attached hydrogens (tertiary/aromatic N) is 3. The molecule has 7 nitrogen and oxygen atoms in total. The predicted octanol–water partition coefficient (Wildman–Crippen LogP) is 2.29. The molecule has 32 heavy (non-hydrogen) atoms. The van der Waals surface area contributed by atoms with Gasteiger partial charge in [0.25, 0.3) is 0 Å². The fourth-order valence-electron chi connectivity index (χ4n) is 4.47. The van der Waals surface area contributed by atoms with Gasteiger partial charge in [0.2, 0.25) is 21.8 Å². The number of likely N-dealkylation sites (tertiary alicyclic amines) is 1. The largest absolute Gasteiger partial charge is 0.342 e. The van der Waals surface area contributed by atoms with Gasteiger partial charge < -0.3 is 9.80 Å². The number of piperazine rings is 1. The van der Waals surface area contributed by atoms with E-state index in [1.807, 2.05) is 44.2 Å². The van der Waals surface area contributed by atoms with Crippen LogP contribution in [0.2, 0.25) is 0 Å². The molecule has 4 rings (SSSR count). The van der Waals surface area contributed by atoms with Crippen LogP contribution in [0.25, 0.3) is 0 Å². The van der Waals surface area contributed by atoms with Crippen molar-refractivity contribution in [1.82, 2.24) is 14.1 Å². The number of aryl methyl sites for hydroxylation is 2. The Morgan fingerprint density at radius 1 is 1.09 bits per heavy atom. The van der Waals surface area contributed by atoms with Crippen LogP contribution >= 0.6 is 11.3 Å². The van der Waals surface area contributed by atoms with E-state index in [4.69, 9.17) is 0 Å². The summed E-state index contributed by atoms with van der Waals surface area (Å²) < 4.78 is 27.5. The summed E-state index contributed by atoms with van der Waals surface area (Å²) in [5.41, 5.74) is 1.17. The van der Waals surface area contributed by atoms with Crippen molar-refractivity contribution < 1.29 is 18.0 Å². The molecule has 2 saturated heterocycles. The van der Waals surface area contributed by atoms with E-state index in [9.17, 15) is 18.0 Å². The van der Waals surface area contributed by atoms with Gasteiger partial charge in [-0.3, -0.25) is 9.59 Å². The molecule has 0 N–H and O–H groups in total. The molecule has 9 heteroatoms. The maximum absolute atomic E-state index is 13.0. The van der Waals surface area contributed by atoms with Crippen molar-refractivity contribution in [2.24, 2.45) is 5.92 Å². The summed E-state index contributed by atoms with van der Waals surface area (Å²) in [6, 6.07) is 11.7. The van der Waals surface area contributed by atoms with Crippen LogP contribution in [0.1, 0.15) is 21.7 Å². The lowest BCUT2D eigenvalue weighted by Gasteiger charge is -2.35. The van der Waals surface area contributed by atoms with Crippen molar-refractivity contribution >= 4 is 33.2 Å². The molecule has 2 aromatic rings. The van der Waals surface area contributed by atoms with Gasteiger partial charge in [-0.2, -0.15) is 4.31 Å². The van der Waals surface area contributed by atoms with E-state index in [1.165, 1.54) is 21.2 Å². The number of carbonyl (C=O) groups excluding carboxylic acids is 2. The normalized spacial score (nSPS) is 20.2. The van der Waals surface area contributed by atoms with Gasteiger partial charge in [-0.15, -0.1) is 11.3 Å². The van der Waals surface area contributed by atoms with Crippen LogP contribution in [0.3, 0.4) is 0 Å². The lowest BCUT2D eigenvalue weighted by molar-refractivity contribution is -0.137. The molecule has 0 spiro atoms. The van der Waals surface area contributed by atoms with Crippen molar-refractivity contribution in [2.45, 2.75) is 31.6 Å². The van der Waals surface area contributed by atoms with Crippen molar-refractivity contribution in [3.8, 4) is 0 Å². The minimum Gasteiger partial charge on any atom is -0.342 e. The van der Waals surface area contributed by atoms with Crippen LogP contribution in [-0.4, -0.2) is 73.6 Å². The van der Waals surface area contributed by atoms with E-state index in [0.717, 1.165) is 16.2 Å². The number of thiophene rings is 1. The van der Waals surface area contributed by atoms with E-state index in [-0.39, 0.29) is 37.2 Å². The Morgan fingerprint density at radius 3 is 2.41 bits per heavy atom. The van der Waals surface area contributed by atoms with Gasteiger partial charge in [0.1, 0.15) is 0 Å². The summed E-state index contributed by atoms with van der Waals surface area (Å²) in [5.74, 6) is -0.368. The Labute approximate surface area is 193 Å². The van der Waals surface area contributed by atoms with Gasteiger partial charge in [0, 0.05) is 55.4 Å². The van der Waals surface area contributed by atoms with E-state index in [0.29, 0.717) is 31.1 Å². The fraction of sp³-hybridized carbons (Fsp3) is 0.478. The maximum Gasteiger partial charge on any atom is 0.244 e. The maximum atomic E-state index is 13.0. The number of hydrogen-bond donors (Lipinski definition) is 0. The molecule has 2 aliphatic rings. The molecule has 0 radical (unpaired) electrons. The standard InChI is InChI=1S/C23H29N3O4S2/c1-17-14-21(18(2)31-17)32(29,30)26-12-10-24(11-13-26)23(28)20-15-22(27)25(16-20)9-8-19-6-4-3-5-7-19/h3-7,14,20H,8-13,15-16H2,1-2H3. The number of benzene rings is 1. The zero-order chi connectivity index (χ0) is 22.9. The Balaban J connectivity index is 1.31. The molecule has 0 aliphatic carbocycles. The highest BCUT2D eigenvalue weighted by atomic mass is 32.2. The second-order valence-corrected chi connectivity index (χ2v) is 11.9. The van der Waals surface area contributed by atoms with Crippen molar-refractivity contribution in [1.29, 1.82) is 0 Å². The predicted molar refractivity (Wildman–Crippen MR) is 124 cm³/mol. The molecule has 3 heterocycles. The second-order valence-electron chi connectivity index (χ2n) is 8.48. The third-order valence-corrected chi connectivity index (χ3v) is 9.36. The summed E-state index contributed by atoms with van der Waals surface area (Å²) >= 11 is 1.48. The van der Waals surface area contributed by atoms with Crippen molar-refractivity contribution in [3.63, 3.8) is 0 Å². The molecule has 0 saturated carbocycles. The van der Waals surface area contributed by atoms with Gasteiger partial charge in [0.05, 0.1) is 10.8 Å². The molecule has 1 aromatic carbocycles. The third kappa shape index (κ3) is 4.74. The lowest BCUT2D eigenvalue weighted by atomic mass is 10.1. The molecule has 1 unspecified atom stereocenters. The summed E-state index contributed by atoms with van der Waals surface area (Å²) in [7, 11) is -3.55. The number of sulfonamides is 1. The summed E-state index contributed by atoms with van der Waals surface area (Å²) in [5, 5.41) is 0. The molecule has 1 atom stereocenters. The van der Waals surface area contributed by atoms with Gasteiger partial charge in [-0.25, -0.2) is 8.42 Å². The third-order valence-electron chi connectivity index (χ3n) is 6.24. The SMILES string of the molecule is Cc1cc(S(=O)(=O)N2CCN(C(=O)C3CC(=O)N(CCc4ccccc4)C3)CC2)c(C)s1. The smallest absolute Gasteiger partial charge is 0.244 e. The first kappa shape index (κ1) is 22.9. The van der Waals surface area contributed by atoms with E-state index in [1.54, 1.807) is 15.9 Å². The molecule has 2 aliphatic heterocycles. The number of amides is 2. The number of carbonyl (C=O) groups is 2. The highest BCUT2D eigenvalue weighted by Gasteiger charge is 2.38. The van der Waals surface area contributed by atoms with Crippen molar-refractivity contribution in [2.75, 3.05) is 39.3 Å². The zero-order valence-corrected chi connectivity index (χ0v) is 20.1. The van der Waals surface area contributed by atoms with Crippen LogP contribution in [0.4, 0.5) is 0 Å². The highest BCUT2D eigenvalue weighted by molar-refractivity contribution is 7.89. The Bertz CT molecular complexity index is 1090. The van der Waals surface area contributed by atoms with Crippen LogP contribution in [0.5, 0.6) is 0 Å². The van der Waals surface area contributed by atoms with E-state index < -0.39 is 10.0 Å². The zero-order valence-electron chi connectivity index (χ0n) is 18.5. The minimum atomic E-state index is -3.55. The molecule has 0 bridgehead atoms. The van der Waals surface area contributed by atoms with Gasteiger partial charge >= 0.3 is 0 Å². The average molecular weight is 476 g/mol. The fourth-order valence-corrected chi connectivity index (χ4v) is 7.42. The summed E-state index contributed by atoms with van der Waals surface area (Å²) in [6.45, 7) is 6.05. The first-order valence-corrected chi connectivity index (χ1v) is 13.2. The molecular weight excluding hydrogens is 446 g/mol. The topological polar surface area (TPSA) is 78.0 Å². The number of hydrogen-bond acceptors (Lipinski definition) is 5. The van der Waals surface area contributed by atoms with Gasteiger partial charge in [-0.05, 0) is 31.9 Å². The highest BCUT2D eigenvalue weighted by Crippen LogP contribution is 2.29. The Morgan fingerprint density at radius 2 is 1.78 bits per heavy atom. The first-order valence-electron chi connectivity index (χ1n) is 10.9. The molecule has 2 fully saturated rings. The van der Waals surface area contributed by atoms with Gasteiger partial charge in [0.15, 0.2) is 0 Å². The van der Waals surface area contributed by atoms with Crippen LogP contribution in [-0.2, 0) is 26.0 Å². The minimum absolute atomic E-state index is 0.0174. The van der Waals surface area contributed by atoms with Crippen LogP contribution in [0, 0.1) is 19.8 Å². The Kier molecular flexibility index (Phi) is 6.69.